The zero-order chi connectivity index (χ0) is 22.8. The molecule has 0 unspecified atom stereocenters. The zero-order valence-corrected chi connectivity index (χ0v) is 19.1. The van der Waals surface area contributed by atoms with E-state index in [4.69, 9.17) is 4.74 Å². The molecule has 2 aliphatic heterocycles. The van der Waals surface area contributed by atoms with Gasteiger partial charge in [0.1, 0.15) is 13.2 Å². The fourth-order valence-electron chi connectivity index (χ4n) is 4.04. The van der Waals surface area contributed by atoms with Gasteiger partial charge in [-0.05, 0) is 55.5 Å². The number of hydrogen-bond donors (Lipinski definition) is 1. The molecule has 2 aromatic carbocycles. The van der Waals surface area contributed by atoms with Crippen molar-refractivity contribution in [2.75, 3.05) is 30.9 Å². The fraction of sp³-hybridized carbons (Fsp3) is 0.292. The van der Waals surface area contributed by atoms with Crippen LogP contribution in [0.1, 0.15) is 24.1 Å². The Kier molecular flexibility index (Phi) is 6.23. The number of esters is 1. The Morgan fingerprint density at radius 1 is 1.22 bits per heavy atom. The van der Waals surface area contributed by atoms with Gasteiger partial charge in [0.25, 0.3) is 0 Å². The first kappa shape index (κ1) is 22.0. The SMILES string of the molecule is CCN(C(=O)CN1C(=O)N[C@H](c2ccc(SC)cc2)C2=C1COC2=O)c1cccc(C)c1. The van der Waals surface area contributed by atoms with E-state index in [1.807, 2.05) is 68.6 Å². The molecular weight excluding hydrogens is 426 g/mol. The largest absolute Gasteiger partial charge is 0.456 e. The first-order valence-electron chi connectivity index (χ1n) is 10.4. The van der Waals surface area contributed by atoms with Crippen molar-refractivity contribution in [3.8, 4) is 0 Å². The van der Waals surface area contributed by atoms with Crippen LogP contribution >= 0.6 is 11.8 Å². The normalized spacial score (nSPS) is 17.7. The van der Waals surface area contributed by atoms with Gasteiger partial charge in [-0.2, -0.15) is 0 Å². The van der Waals surface area contributed by atoms with Gasteiger partial charge in [0, 0.05) is 17.1 Å². The van der Waals surface area contributed by atoms with Crippen LogP contribution in [0.25, 0.3) is 0 Å². The average molecular weight is 452 g/mol. The summed E-state index contributed by atoms with van der Waals surface area (Å²) in [4.78, 5) is 42.8. The third-order valence-corrected chi connectivity index (χ3v) is 6.41. The number of amides is 3. The molecule has 166 valence electrons. The Hall–Kier alpha value is -3.26. The average Bonchev–Trinajstić information content (AvgIpc) is 3.17. The number of urea groups is 1. The lowest BCUT2D eigenvalue weighted by Crippen LogP contribution is -2.51. The highest BCUT2D eigenvalue weighted by Crippen LogP contribution is 2.35. The van der Waals surface area contributed by atoms with Crippen molar-refractivity contribution in [2.24, 2.45) is 0 Å². The summed E-state index contributed by atoms with van der Waals surface area (Å²) in [6.45, 7) is 4.11. The van der Waals surface area contributed by atoms with Crippen LogP contribution in [-0.2, 0) is 14.3 Å². The number of anilines is 1. The van der Waals surface area contributed by atoms with Crippen LogP contribution in [0.15, 0.2) is 64.7 Å². The lowest BCUT2D eigenvalue weighted by molar-refractivity contribution is -0.136. The predicted molar refractivity (Wildman–Crippen MR) is 123 cm³/mol. The summed E-state index contributed by atoms with van der Waals surface area (Å²) in [6, 6.07) is 14.3. The number of aryl methyl sites for hydroxylation is 1. The highest BCUT2D eigenvalue weighted by atomic mass is 32.2. The zero-order valence-electron chi connectivity index (χ0n) is 18.3. The van der Waals surface area contributed by atoms with Crippen molar-refractivity contribution in [3.05, 3.63) is 70.9 Å². The molecular formula is C24H25N3O4S. The van der Waals surface area contributed by atoms with Crippen molar-refractivity contribution in [1.82, 2.24) is 10.2 Å². The monoisotopic (exact) mass is 451 g/mol. The van der Waals surface area contributed by atoms with Crippen molar-refractivity contribution >= 4 is 35.4 Å². The van der Waals surface area contributed by atoms with E-state index < -0.39 is 18.0 Å². The van der Waals surface area contributed by atoms with Gasteiger partial charge in [-0.15, -0.1) is 11.8 Å². The van der Waals surface area contributed by atoms with Gasteiger partial charge in [-0.3, -0.25) is 9.69 Å². The van der Waals surface area contributed by atoms with E-state index in [1.165, 1.54) is 4.90 Å². The van der Waals surface area contributed by atoms with E-state index >= 15 is 0 Å². The second-order valence-corrected chi connectivity index (χ2v) is 8.53. The molecule has 8 heteroatoms. The number of nitrogens with zero attached hydrogens (tertiary/aromatic N) is 2. The van der Waals surface area contributed by atoms with Crippen LogP contribution in [-0.4, -0.2) is 48.8 Å². The third kappa shape index (κ3) is 4.10. The molecule has 2 aliphatic rings. The van der Waals surface area contributed by atoms with E-state index in [2.05, 4.69) is 5.32 Å². The third-order valence-electron chi connectivity index (χ3n) is 5.67. The Labute approximate surface area is 191 Å². The smallest absolute Gasteiger partial charge is 0.338 e. The van der Waals surface area contributed by atoms with Crippen LogP contribution in [0.3, 0.4) is 0 Å². The number of hydrogen-bond acceptors (Lipinski definition) is 5. The maximum absolute atomic E-state index is 13.1. The number of thioether (sulfide) groups is 1. The van der Waals surface area contributed by atoms with Gasteiger partial charge in [0.15, 0.2) is 0 Å². The number of carbonyl (C=O) groups is 3. The van der Waals surface area contributed by atoms with E-state index in [-0.39, 0.29) is 19.1 Å². The molecule has 0 fully saturated rings. The number of ether oxygens (including phenoxy) is 1. The number of rotatable bonds is 6. The van der Waals surface area contributed by atoms with Crippen molar-refractivity contribution < 1.29 is 19.1 Å². The quantitative estimate of drug-likeness (QED) is 0.536. The summed E-state index contributed by atoms with van der Waals surface area (Å²) in [5, 5.41) is 2.88. The van der Waals surface area contributed by atoms with Crippen LogP contribution in [0.5, 0.6) is 0 Å². The molecule has 32 heavy (non-hydrogen) atoms. The highest BCUT2D eigenvalue weighted by Gasteiger charge is 2.43. The summed E-state index contributed by atoms with van der Waals surface area (Å²) in [7, 11) is 0. The fourth-order valence-corrected chi connectivity index (χ4v) is 4.45. The molecule has 0 aromatic heterocycles. The van der Waals surface area contributed by atoms with Crippen molar-refractivity contribution in [2.45, 2.75) is 24.8 Å². The molecule has 2 heterocycles. The van der Waals surface area contributed by atoms with Gasteiger partial charge in [-0.1, -0.05) is 24.3 Å². The van der Waals surface area contributed by atoms with Crippen molar-refractivity contribution in [3.63, 3.8) is 0 Å². The number of benzene rings is 2. The molecule has 0 spiro atoms. The molecule has 7 nitrogen and oxygen atoms in total. The molecule has 0 bridgehead atoms. The number of likely N-dealkylation sites (N-methyl/N-ethyl adjacent to an activating group) is 1. The summed E-state index contributed by atoms with van der Waals surface area (Å²) >= 11 is 1.61. The van der Waals surface area contributed by atoms with Gasteiger partial charge in [0.05, 0.1) is 17.3 Å². The minimum atomic E-state index is -0.603. The molecule has 1 atom stereocenters. The van der Waals surface area contributed by atoms with Gasteiger partial charge in [-0.25, -0.2) is 9.59 Å². The summed E-state index contributed by atoms with van der Waals surface area (Å²) in [5.41, 5.74) is 3.44. The topological polar surface area (TPSA) is 79.0 Å². The highest BCUT2D eigenvalue weighted by molar-refractivity contribution is 7.98. The molecule has 2 aromatic rings. The molecule has 1 N–H and O–H groups in total. The van der Waals surface area contributed by atoms with Gasteiger partial charge >= 0.3 is 12.0 Å². The first-order chi connectivity index (χ1) is 15.4. The molecule has 0 saturated carbocycles. The molecule has 0 saturated heterocycles. The van der Waals surface area contributed by atoms with Crippen LogP contribution in [0, 0.1) is 6.92 Å². The van der Waals surface area contributed by atoms with E-state index in [1.54, 1.807) is 16.7 Å². The Morgan fingerprint density at radius 3 is 2.62 bits per heavy atom. The summed E-state index contributed by atoms with van der Waals surface area (Å²) in [5.74, 6) is -0.704. The lowest BCUT2D eigenvalue weighted by Gasteiger charge is -2.33. The maximum atomic E-state index is 13.1. The predicted octanol–water partition coefficient (Wildman–Crippen LogP) is 3.65. The standard InChI is InChI=1S/C24H25N3O4S/c1-4-26(17-7-5-6-15(2)12-17)20(28)13-27-19-14-31-23(29)21(19)22(25-24(27)30)16-8-10-18(32-3)11-9-16/h5-12,22H,4,13-14H2,1-3H3,(H,25,30)/t22-/m1/s1. The molecule has 0 aliphatic carbocycles. The Morgan fingerprint density at radius 2 is 1.97 bits per heavy atom. The number of nitrogens with one attached hydrogen (secondary N) is 1. The minimum absolute atomic E-state index is 0.0230. The van der Waals surface area contributed by atoms with E-state index in [9.17, 15) is 14.4 Å². The second-order valence-electron chi connectivity index (χ2n) is 7.66. The van der Waals surface area contributed by atoms with Crippen LogP contribution in [0.2, 0.25) is 0 Å². The van der Waals surface area contributed by atoms with E-state index in [0.29, 0.717) is 17.8 Å². The first-order valence-corrected chi connectivity index (χ1v) is 11.6. The maximum Gasteiger partial charge on any atom is 0.338 e. The second kappa shape index (κ2) is 9.08. The van der Waals surface area contributed by atoms with Crippen LogP contribution < -0.4 is 10.2 Å². The lowest BCUT2D eigenvalue weighted by atomic mass is 9.96. The van der Waals surface area contributed by atoms with Gasteiger partial charge in [0.2, 0.25) is 5.91 Å². The van der Waals surface area contributed by atoms with E-state index in [0.717, 1.165) is 21.7 Å². The number of cyclic esters (lactones) is 1. The molecule has 0 radical (unpaired) electrons. The number of carbonyl (C=O) groups excluding carboxylic acids is 3. The van der Waals surface area contributed by atoms with Gasteiger partial charge < -0.3 is 15.0 Å². The summed E-state index contributed by atoms with van der Waals surface area (Å²) in [6.07, 6.45) is 1.98. The minimum Gasteiger partial charge on any atom is -0.456 e. The van der Waals surface area contributed by atoms with Crippen molar-refractivity contribution in [1.29, 1.82) is 0 Å². The van der Waals surface area contributed by atoms with Crippen LogP contribution in [0.4, 0.5) is 10.5 Å². The summed E-state index contributed by atoms with van der Waals surface area (Å²) < 4.78 is 5.27. The molecule has 4 rings (SSSR count). The molecule has 3 amide bonds. The Bertz CT molecular complexity index is 1100. The Balaban J connectivity index is 1.62.